The Bertz CT molecular complexity index is 835. The highest BCUT2D eigenvalue weighted by Gasteiger charge is 2.33. The van der Waals surface area contributed by atoms with Crippen molar-refractivity contribution in [1.82, 2.24) is 14.6 Å². The van der Waals surface area contributed by atoms with E-state index in [1.165, 1.54) is 0 Å². The first kappa shape index (κ1) is 13.8. The molecule has 1 atom stereocenters. The van der Waals surface area contributed by atoms with Gasteiger partial charge in [-0.2, -0.15) is 0 Å². The maximum Gasteiger partial charge on any atom is 0.276 e. The fraction of sp³-hybridized carbons (Fsp3) is 0.222. The lowest BCUT2D eigenvalue weighted by atomic mass is 9.99. The molecule has 0 radical (unpaired) electrons. The van der Waals surface area contributed by atoms with E-state index in [2.05, 4.69) is 34.1 Å². The van der Waals surface area contributed by atoms with E-state index in [1.807, 2.05) is 29.2 Å². The normalized spacial score (nSPS) is 17.1. The molecule has 0 fully saturated rings. The van der Waals surface area contributed by atoms with Crippen LogP contribution >= 0.6 is 0 Å². The number of hydrogen-bond acceptors (Lipinski definition) is 3. The summed E-state index contributed by atoms with van der Waals surface area (Å²) in [7, 11) is 0. The van der Waals surface area contributed by atoms with E-state index in [-0.39, 0.29) is 11.9 Å². The van der Waals surface area contributed by atoms with Crippen molar-refractivity contribution in [1.29, 1.82) is 0 Å². The highest BCUT2D eigenvalue weighted by Crippen LogP contribution is 2.33. The van der Waals surface area contributed by atoms with Crippen molar-refractivity contribution in [3.05, 3.63) is 77.4 Å². The zero-order chi connectivity index (χ0) is 15.8. The molecular weight excluding hydrogens is 290 g/mol. The average molecular weight is 307 g/mol. The van der Waals surface area contributed by atoms with E-state index in [0.717, 1.165) is 17.8 Å². The van der Waals surface area contributed by atoms with Crippen LogP contribution in [0.2, 0.25) is 0 Å². The molecule has 1 unspecified atom stereocenters. The molecular formula is C18H17N3O2. The first-order valence-electron chi connectivity index (χ1n) is 7.68. The summed E-state index contributed by atoms with van der Waals surface area (Å²) in [4.78, 5) is 14.8. The molecule has 1 aliphatic heterocycles. The van der Waals surface area contributed by atoms with Gasteiger partial charge in [0, 0.05) is 31.0 Å². The van der Waals surface area contributed by atoms with Crippen molar-refractivity contribution in [3.8, 4) is 0 Å². The fourth-order valence-corrected chi connectivity index (χ4v) is 3.20. The third-order valence-electron chi connectivity index (χ3n) is 4.26. The molecule has 1 amide bonds. The van der Waals surface area contributed by atoms with Crippen molar-refractivity contribution in [2.24, 2.45) is 0 Å². The highest BCUT2D eigenvalue weighted by atomic mass is 16.5. The van der Waals surface area contributed by atoms with Crippen LogP contribution in [0.15, 0.2) is 59.3 Å². The van der Waals surface area contributed by atoms with E-state index in [0.29, 0.717) is 18.0 Å². The number of rotatable bonds is 2. The van der Waals surface area contributed by atoms with E-state index < -0.39 is 0 Å². The molecule has 5 nitrogen and oxygen atoms in total. The van der Waals surface area contributed by atoms with Crippen LogP contribution in [-0.4, -0.2) is 27.1 Å². The Morgan fingerprint density at radius 2 is 2.00 bits per heavy atom. The molecule has 0 N–H and O–H groups in total. The maximum atomic E-state index is 12.9. The van der Waals surface area contributed by atoms with E-state index in [4.69, 9.17) is 4.52 Å². The van der Waals surface area contributed by atoms with Gasteiger partial charge in [0.15, 0.2) is 5.69 Å². The largest absolute Gasteiger partial charge is 0.361 e. The monoisotopic (exact) mass is 307 g/mol. The molecule has 5 heteroatoms. The van der Waals surface area contributed by atoms with Gasteiger partial charge in [-0.25, -0.2) is 0 Å². The van der Waals surface area contributed by atoms with E-state index in [1.54, 1.807) is 13.0 Å². The molecule has 2 aromatic heterocycles. The van der Waals surface area contributed by atoms with Gasteiger partial charge in [0.05, 0.1) is 6.04 Å². The summed E-state index contributed by atoms with van der Waals surface area (Å²) < 4.78 is 7.27. The molecule has 3 heterocycles. The molecule has 1 aromatic carbocycles. The van der Waals surface area contributed by atoms with Gasteiger partial charge in [-0.3, -0.25) is 4.79 Å². The zero-order valence-electron chi connectivity index (χ0n) is 12.8. The minimum atomic E-state index is -0.107. The van der Waals surface area contributed by atoms with Crippen molar-refractivity contribution >= 4 is 5.91 Å². The predicted molar refractivity (Wildman–Crippen MR) is 85.0 cm³/mol. The number of carbonyl (C=O) groups excluding carboxylic acids is 1. The summed E-state index contributed by atoms with van der Waals surface area (Å²) >= 11 is 0. The van der Waals surface area contributed by atoms with Gasteiger partial charge < -0.3 is 14.0 Å². The van der Waals surface area contributed by atoms with Gasteiger partial charge in [0.2, 0.25) is 0 Å². The molecule has 0 saturated heterocycles. The number of aromatic nitrogens is 2. The maximum absolute atomic E-state index is 12.9. The number of fused-ring (bicyclic) bond motifs is 1. The third-order valence-corrected chi connectivity index (χ3v) is 4.26. The molecule has 0 aliphatic carbocycles. The lowest BCUT2D eigenvalue weighted by molar-refractivity contribution is 0.0653. The Balaban J connectivity index is 1.78. The Morgan fingerprint density at radius 3 is 2.74 bits per heavy atom. The lowest BCUT2D eigenvalue weighted by Crippen LogP contribution is -2.42. The Morgan fingerprint density at radius 1 is 1.17 bits per heavy atom. The van der Waals surface area contributed by atoms with Crippen molar-refractivity contribution in [3.63, 3.8) is 0 Å². The van der Waals surface area contributed by atoms with Crippen LogP contribution in [0.25, 0.3) is 0 Å². The third kappa shape index (κ3) is 2.34. The molecule has 4 rings (SSSR count). The predicted octanol–water partition coefficient (Wildman–Crippen LogP) is 3.03. The second kappa shape index (κ2) is 5.43. The topological polar surface area (TPSA) is 51.3 Å². The van der Waals surface area contributed by atoms with Gasteiger partial charge in [0.25, 0.3) is 5.91 Å². The number of nitrogens with zero attached hydrogens (tertiary/aromatic N) is 3. The molecule has 1 aliphatic rings. The summed E-state index contributed by atoms with van der Waals surface area (Å²) in [5.74, 6) is 0.549. The number of amides is 1. The molecule has 3 aromatic rings. The summed E-state index contributed by atoms with van der Waals surface area (Å²) in [5, 5.41) is 3.89. The van der Waals surface area contributed by atoms with Crippen LogP contribution in [0.1, 0.15) is 33.5 Å². The Hall–Kier alpha value is -2.82. The lowest BCUT2D eigenvalue weighted by Gasteiger charge is -2.36. The van der Waals surface area contributed by atoms with Crippen LogP contribution in [0, 0.1) is 6.92 Å². The molecule has 0 bridgehead atoms. The molecule has 0 saturated carbocycles. The fourth-order valence-electron chi connectivity index (χ4n) is 3.20. The van der Waals surface area contributed by atoms with Gasteiger partial charge in [0.1, 0.15) is 5.76 Å². The summed E-state index contributed by atoms with van der Waals surface area (Å²) in [6, 6.07) is 15.8. The van der Waals surface area contributed by atoms with E-state index >= 15 is 0 Å². The van der Waals surface area contributed by atoms with Crippen LogP contribution in [-0.2, 0) is 6.54 Å². The van der Waals surface area contributed by atoms with Crippen molar-refractivity contribution in [2.75, 3.05) is 6.54 Å². The van der Waals surface area contributed by atoms with Gasteiger partial charge in [-0.1, -0.05) is 35.5 Å². The van der Waals surface area contributed by atoms with Gasteiger partial charge in [-0.05, 0) is 24.6 Å². The average Bonchev–Trinajstić information content (AvgIpc) is 3.22. The van der Waals surface area contributed by atoms with Gasteiger partial charge in [-0.15, -0.1) is 0 Å². The molecule has 23 heavy (non-hydrogen) atoms. The Kier molecular flexibility index (Phi) is 3.26. The van der Waals surface area contributed by atoms with Crippen LogP contribution in [0.4, 0.5) is 0 Å². The van der Waals surface area contributed by atoms with Crippen LogP contribution in [0.5, 0.6) is 0 Å². The second-order valence-corrected chi connectivity index (χ2v) is 5.76. The number of hydrogen-bond donors (Lipinski definition) is 0. The SMILES string of the molecule is Cc1cc(C(=O)N2CCn3cccc3C2c2ccccc2)no1. The summed E-state index contributed by atoms with van der Waals surface area (Å²) in [5.41, 5.74) is 2.58. The highest BCUT2D eigenvalue weighted by molar-refractivity contribution is 5.92. The van der Waals surface area contributed by atoms with Crippen molar-refractivity contribution < 1.29 is 9.32 Å². The molecule has 0 spiro atoms. The minimum Gasteiger partial charge on any atom is -0.361 e. The number of carbonyl (C=O) groups is 1. The standard InChI is InChI=1S/C18H17N3O2/c1-13-12-15(19-23-13)18(22)21-11-10-20-9-5-8-16(20)17(21)14-6-3-2-4-7-14/h2-9,12,17H,10-11H2,1H3. The van der Waals surface area contributed by atoms with Crippen LogP contribution < -0.4 is 0 Å². The first-order valence-corrected chi connectivity index (χ1v) is 7.68. The summed E-state index contributed by atoms with van der Waals surface area (Å²) in [6.07, 6.45) is 2.06. The quantitative estimate of drug-likeness (QED) is 0.731. The number of benzene rings is 1. The van der Waals surface area contributed by atoms with Gasteiger partial charge >= 0.3 is 0 Å². The second-order valence-electron chi connectivity index (χ2n) is 5.76. The summed E-state index contributed by atoms with van der Waals surface area (Å²) in [6.45, 7) is 3.22. The molecule has 116 valence electrons. The minimum absolute atomic E-state index is 0.0943. The van der Waals surface area contributed by atoms with Crippen molar-refractivity contribution in [2.45, 2.75) is 19.5 Å². The van der Waals surface area contributed by atoms with E-state index in [9.17, 15) is 4.79 Å². The zero-order valence-corrected chi connectivity index (χ0v) is 12.8. The Labute approximate surface area is 134 Å². The number of aryl methyl sites for hydroxylation is 1. The van der Waals surface area contributed by atoms with Crippen LogP contribution in [0.3, 0.4) is 0 Å². The smallest absolute Gasteiger partial charge is 0.276 e. The first-order chi connectivity index (χ1) is 11.2.